The molecule has 45 heavy (non-hydrogen) atoms. The first kappa shape index (κ1) is 32.7. The lowest BCUT2D eigenvalue weighted by atomic mass is 9.82. The summed E-state index contributed by atoms with van der Waals surface area (Å²) in [5.74, 6) is 0.208. The molecule has 2 N–H and O–H groups in total. The van der Waals surface area contributed by atoms with Gasteiger partial charge < -0.3 is 19.9 Å². The number of nitrogens with zero attached hydrogens (tertiary/aromatic N) is 1. The number of carbonyl (C=O) groups excluding carboxylic acids is 1. The fourth-order valence-electron chi connectivity index (χ4n) is 5.16. The maximum absolute atomic E-state index is 14.4. The molecule has 0 aromatic heterocycles. The number of carbonyl (C=O) groups is 1. The van der Waals surface area contributed by atoms with E-state index < -0.39 is 29.3 Å². The molecule has 0 saturated carbocycles. The van der Waals surface area contributed by atoms with Crippen molar-refractivity contribution < 1.29 is 32.5 Å². The lowest BCUT2D eigenvalue weighted by Crippen LogP contribution is -2.50. The first-order valence-corrected chi connectivity index (χ1v) is 15.7. The Morgan fingerprint density at radius 1 is 0.911 bits per heavy atom. The minimum absolute atomic E-state index is 0.0165. The summed E-state index contributed by atoms with van der Waals surface area (Å²) in [6.45, 7) is 0.00632. The van der Waals surface area contributed by atoms with Gasteiger partial charge in [-0.1, -0.05) is 86.5 Å². The first-order valence-electron chi connectivity index (χ1n) is 14.1. The molecule has 0 spiro atoms. The average molecular weight is 746 g/mol. The molecule has 1 aliphatic heterocycles. The van der Waals surface area contributed by atoms with Crippen LogP contribution in [0.25, 0.3) is 0 Å². The quantitative estimate of drug-likeness (QED) is 0.154. The van der Waals surface area contributed by atoms with Crippen LogP contribution >= 0.6 is 31.9 Å². The second-order valence-corrected chi connectivity index (χ2v) is 12.1. The third-order valence-electron chi connectivity index (χ3n) is 7.40. The highest BCUT2D eigenvalue weighted by Crippen LogP contribution is 2.45. The van der Waals surface area contributed by atoms with Gasteiger partial charge in [-0.15, -0.1) is 0 Å². The fourth-order valence-corrected chi connectivity index (χ4v) is 6.08. The molecule has 1 heterocycles. The number of ether oxygens (including phenoxy) is 2. The van der Waals surface area contributed by atoms with Gasteiger partial charge in [0.15, 0.2) is 11.6 Å². The van der Waals surface area contributed by atoms with Gasteiger partial charge in [-0.05, 0) is 53.6 Å². The third kappa shape index (κ3) is 7.43. The number of amides is 1. The highest BCUT2D eigenvalue weighted by molar-refractivity contribution is 9.10. The van der Waals surface area contributed by atoms with Crippen LogP contribution in [0.3, 0.4) is 0 Å². The van der Waals surface area contributed by atoms with Crippen LogP contribution in [0.15, 0.2) is 111 Å². The van der Waals surface area contributed by atoms with Crippen LogP contribution in [0.4, 0.5) is 13.2 Å². The zero-order valence-corrected chi connectivity index (χ0v) is 27.0. The van der Waals surface area contributed by atoms with Crippen molar-refractivity contribution in [2.24, 2.45) is 4.99 Å². The predicted molar refractivity (Wildman–Crippen MR) is 172 cm³/mol. The van der Waals surface area contributed by atoms with E-state index in [4.69, 9.17) is 19.6 Å². The molecular weight excluding hydrogens is 717 g/mol. The lowest BCUT2D eigenvalue weighted by Gasteiger charge is -2.31. The third-order valence-corrected chi connectivity index (χ3v) is 8.89. The van der Waals surface area contributed by atoms with Crippen LogP contribution in [0, 0.1) is 0 Å². The molecule has 4 aromatic carbocycles. The van der Waals surface area contributed by atoms with Gasteiger partial charge in [0.25, 0.3) is 5.91 Å². The molecule has 0 radical (unpaired) electrons. The number of alkyl halides is 3. The summed E-state index contributed by atoms with van der Waals surface area (Å²) in [5.41, 5.74) is -0.482. The monoisotopic (exact) mass is 744 g/mol. The lowest BCUT2D eigenvalue weighted by molar-refractivity contribution is -0.138. The Hall–Kier alpha value is -3.67. The van der Waals surface area contributed by atoms with Gasteiger partial charge in [0.2, 0.25) is 5.90 Å². The number of nitrogens with one attached hydrogen (secondary N) is 1. The molecule has 0 unspecified atom stereocenters. The van der Waals surface area contributed by atoms with E-state index in [0.717, 1.165) is 16.1 Å². The molecule has 0 bridgehead atoms. The van der Waals surface area contributed by atoms with Gasteiger partial charge in [-0.25, -0.2) is 4.99 Å². The van der Waals surface area contributed by atoms with Crippen molar-refractivity contribution in [1.29, 1.82) is 0 Å². The van der Waals surface area contributed by atoms with Crippen molar-refractivity contribution in [3.8, 4) is 5.75 Å². The summed E-state index contributed by atoms with van der Waals surface area (Å²) in [6, 6.07) is 26.9. The molecule has 0 saturated heterocycles. The molecule has 0 fully saturated rings. The Labute approximate surface area is 275 Å². The number of aliphatic hydroxyl groups excluding tert-OH is 1. The normalized spacial score (nSPS) is 17.8. The van der Waals surface area contributed by atoms with Crippen molar-refractivity contribution in [3.05, 3.63) is 134 Å². The zero-order valence-electron chi connectivity index (χ0n) is 23.9. The zero-order chi connectivity index (χ0) is 32.0. The minimum Gasteiger partial charge on any atom is -0.494 e. The fraction of sp³-hybridized carbons (Fsp3) is 0.235. The maximum atomic E-state index is 14.4. The van der Waals surface area contributed by atoms with Gasteiger partial charge in [0.05, 0.1) is 12.2 Å². The minimum atomic E-state index is -4.58. The van der Waals surface area contributed by atoms with E-state index in [0.29, 0.717) is 34.4 Å². The molecule has 0 aliphatic carbocycles. The van der Waals surface area contributed by atoms with Crippen LogP contribution in [0.1, 0.15) is 40.3 Å². The van der Waals surface area contributed by atoms with E-state index in [2.05, 4.69) is 37.2 Å². The SMILES string of the molecule is O=C(NCc1ccccc1C(F)(F)F)[C@]1(Cc2ccccc2Br)N=C(c2ccc(OCCCO)cc2)O[C@@H]1c1ccccc1Br. The van der Waals surface area contributed by atoms with Gasteiger partial charge in [-0.2, -0.15) is 13.2 Å². The second-order valence-electron chi connectivity index (χ2n) is 10.4. The molecule has 6 nitrogen and oxygen atoms in total. The van der Waals surface area contributed by atoms with Crippen LogP contribution < -0.4 is 10.1 Å². The van der Waals surface area contributed by atoms with E-state index in [1.807, 2.05) is 48.5 Å². The molecule has 4 aromatic rings. The van der Waals surface area contributed by atoms with Gasteiger partial charge in [0.1, 0.15) is 5.75 Å². The van der Waals surface area contributed by atoms with Crippen LogP contribution in [0.2, 0.25) is 0 Å². The Kier molecular flexibility index (Phi) is 10.3. The smallest absolute Gasteiger partial charge is 0.416 e. The van der Waals surface area contributed by atoms with E-state index in [9.17, 15) is 18.0 Å². The molecule has 234 valence electrons. The highest BCUT2D eigenvalue weighted by atomic mass is 79.9. The number of hydrogen-bond donors (Lipinski definition) is 2. The largest absolute Gasteiger partial charge is 0.494 e. The number of hydrogen-bond acceptors (Lipinski definition) is 5. The number of rotatable bonds is 11. The maximum Gasteiger partial charge on any atom is 0.416 e. The number of aliphatic hydroxyl groups is 1. The summed E-state index contributed by atoms with van der Waals surface area (Å²) < 4.78 is 54.9. The number of benzene rings is 4. The molecule has 1 aliphatic rings. The standard InChI is InChI=1S/C34H29Br2F3N2O4/c35-28-12-5-2-8-23(28)20-33(32(43)40-21-24-9-1-4-11-27(24)34(37,38)39)30(26-10-3-6-13-29(26)36)45-31(41-33)22-14-16-25(17-15-22)44-19-7-18-42/h1-6,8-17,30,42H,7,18-21H2,(H,40,43)/t30-,33-/m1/s1. The van der Waals surface area contributed by atoms with Crippen LogP contribution in [0.5, 0.6) is 5.75 Å². The molecular formula is C34H29Br2F3N2O4. The average Bonchev–Trinajstić information content (AvgIpc) is 3.41. The first-order chi connectivity index (χ1) is 21.6. The summed E-state index contributed by atoms with van der Waals surface area (Å²) in [7, 11) is 0. The van der Waals surface area contributed by atoms with E-state index in [-0.39, 0.29) is 31.0 Å². The molecule has 5 rings (SSSR count). The van der Waals surface area contributed by atoms with E-state index in [1.54, 1.807) is 24.3 Å². The summed E-state index contributed by atoms with van der Waals surface area (Å²) in [5, 5.41) is 11.8. The van der Waals surface area contributed by atoms with Crippen LogP contribution in [-0.4, -0.2) is 35.7 Å². The Balaban J connectivity index is 1.59. The van der Waals surface area contributed by atoms with E-state index in [1.165, 1.54) is 18.2 Å². The highest BCUT2D eigenvalue weighted by Gasteiger charge is 2.54. The van der Waals surface area contributed by atoms with Crippen molar-refractivity contribution in [2.75, 3.05) is 13.2 Å². The number of halogens is 5. The van der Waals surface area contributed by atoms with Crippen LogP contribution in [-0.2, 0) is 28.7 Å². The van der Waals surface area contributed by atoms with E-state index >= 15 is 0 Å². The van der Waals surface area contributed by atoms with Gasteiger partial charge in [-0.3, -0.25) is 4.79 Å². The Morgan fingerprint density at radius 2 is 1.56 bits per heavy atom. The topological polar surface area (TPSA) is 80.2 Å². The summed E-state index contributed by atoms with van der Waals surface area (Å²) in [4.78, 5) is 19.4. The van der Waals surface area contributed by atoms with Crippen molar-refractivity contribution in [3.63, 3.8) is 0 Å². The molecule has 2 atom stereocenters. The van der Waals surface area contributed by atoms with Crippen molar-refractivity contribution >= 4 is 43.7 Å². The Bertz CT molecular complexity index is 1680. The predicted octanol–water partition coefficient (Wildman–Crippen LogP) is 7.81. The van der Waals surface area contributed by atoms with Gasteiger partial charge >= 0.3 is 6.18 Å². The number of aliphatic imine (C=N–C) groups is 1. The second kappa shape index (κ2) is 14.2. The molecule has 1 amide bonds. The summed E-state index contributed by atoms with van der Waals surface area (Å²) in [6.07, 6.45) is -4.95. The van der Waals surface area contributed by atoms with Crippen molar-refractivity contribution in [1.82, 2.24) is 5.32 Å². The summed E-state index contributed by atoms with van der Waals surface area (Å²) >= 11 is 7.18. The van der Waals surface area contributed by atoms with Gasteiger partial charge in [0, 0.05) is 46.1 Å². The Morgan fingerprint density at radius 3 is 2.22 bits per heavy atom. The molecule has 11 heteroatoms. The van der Waals surface area contributed by atoms with Crippen molar-refractivity contribution in [2.45, 2.75) is 37.2 Å².